The number of halogens is 1. The Labute approximate surface area is 164 Å². The highest BCUT2D eigenvalue weighted by Gasteiger charge is 2.48. The van der Waals surface area contributed by atoms with Crippen LogP contribution < -0.4 is 10.6 Å². The third-order valence-corrected chi connectivity index (χ3v) is 5.73. The van der Waals surface area contributed by atoms with Gasteiger partial charge in [0.25, 0.3) is 11.8 Å². The number of hydrogen-bond donors (Lipinski definition) is 3. The predicted octanol–water partition coefficient (Wildman–Crippen LogP) is 3.97. The number of para-hydroxylation sites is 1. The summed E-state index contributed by atoms with van der Waals surface area (Å²) in [6, 6.07) is 10.5. The molecule has 0 radical (unpaired) electrons. The number of aromatic nitrogens is 1. The monoisotopic (exact) mass is 401 g/mol. The number of benzene rings is 2. The van der Waals surface area contributed by atoms with Crippen LogP contribution in [0, 0.1) is 6.92 Å². The van der Waals surface area contributed by atoms with Crippen LogP contribution in [0.15, 0.2) is 36.4 Å². The third-order valence-electron chi connectivity index (χ3n) is 4.48. The summed E-state index contributed by atoms with van der Waals surface area (Å²) in [6.07, 6.45) is 0.936. The van der Waals surface area contributed by atoms with Crippen LogP contribution in [-0.2, 0) is 4.79 Å². The highest BCUT2D eigenvalue weighted by molar-refractivity contribution is 7.22. The van der Waals surface area contributed by atoms with Crippen LogP contribution >= 0.6 is 22.9 Å². The number of rotatable bonds is 4. The maximum absolute atomic E-state index is 12.6. The number of carbonyl (C=O) groups is 2. The molecule has 3 aromatic rings. The van der Waals surface area contributed by atoms with Gasteiger partial charge in [-0.05, 0) is 49.6 Å². The molecule has 0 unspecified atom stereocenters. The van der Waals surface area contributed by atoms with Crippen LogP contribution in [0.3, 0.4) is 0 Å². The summed E-state index contributed by atoms with van der Waals surface area (Å²) in [5.74, 6) is -0.715. The average Bonchev–Trinajstić information content (AvgIpc) is 3.26. The van der Waals surface area contributed by atoms with Crippen molar-refractivity contribution in [3.8, 4) is 0 Å². The lowest BCUT2D eigenvalue weighted by Crippen LogP contribution is -2.29. The summed E-state index contributed by atoms with van der Waals surface area (Å²) >= 11 is 7.42. The second-order valence-electron chi connectivity index (χ2n) is 6.57. The summed E-state index contributed by atoms with van der Waals surface area (Å²) in [7, 11) is 0. The molecule has 1 aromatic heterocycles. The van der Waals surface area contributed by atoms with Gasteiger partial charge in [0.05, 0.1) is 20.9 Å². The van der Waals surface area contributed by atoms with Crippen molar-refractivity contribution in [3.63, 3.8) is 0 Å². The summed E-state index contributed by atoms with van der Waals surface area (Å²) in [4.78, 5) is 28.9. The molecule has 1 saturated carbocycles. The van der Waals surface area contributed by atoms with Crippen molar-refractivity contribution in [2.75, 3.05) is 10.6 Å². The molecule has 8 heteroatoms. The van der Waals surface area contributed by atoms with E-state index < -0.39 is 11.5 Å². The van der Waals surface area contributed by atoms with E-state index in [0.717, 1.165) is 10.3 Å². The Bertz CT molecular complexity index is 1050. The zero-order valence-electron chi connectivity index (χ0n) is 14.4. The van der Waals surface area contributed by atoms with Crippen LogP contribution in [-0.4, -0.2) is 27.5 Å². The maximum Gasteiger partial charge on any atom is 0.258 e. The zero-order valence-corrected chi connectivity index (χ0v) is 15.9. The Morgan fingerprint density at radius 2 is 2.00 bits per heavy atom. The molecule has 0 bridgehead atoms. The standard InChI is InChI=1S/C19H16ClN3O3S/c1-10-3-2-4-12(20)15(10)22-16(24)11-5-6-13-14(9-11)27-18(21-13)23-17(25)19(26)7-8-19/h2-6,9,26H,7-8H2,1H3,(H,22,24)(H,21,23,25). The predicted molar refractivity (Wildman–Crippen MR) is 107 cm³/mol. The minimum atomic E-state index is -1.25. The Kier molecular flexibility index (Phi) is 4.38. The Morgan fingerprint density at radius 3 is 2.70 bits per heavy atom. The highest BCUT2D eigenvalue weighted by atomic mass is 35.5. The fourth-order valence-electron chi connectivity index (χ4n) is 2.65. The molecule has 6 nitrogen and oxygen atoms in total. The molecule has 4 rings (SSSR count). The van der Waals surface area contributed by atoms with Crippen molar-refractivity contribution < 1.29 is 14.7 Å². The molecule has 2 aromatic carbocycles. The molecule has 0 saturated heterocycles. The van der Waals surface area contributed by atoms with Crippen molar-refractivity contribution in [3.05, 3.63) is 52.5 Å². The van der Waals surface area contributed by atoms with Crippen LogP contribution in [0.2, 0.25) is 5.02 Å². The summed E-state index contributed by atoms with van der Waals surface area (Å²) in [6.45, 7) is 1.87. The fraction of sp³-hybridized carbons (Fsp3) is 0.211. The SMILES string of the molecule is Cc1cccc(Cl)c1NC(=O)c1ccc2nc(NC(=O)C3(O)CC3)sc2c1. The lowest BCUT2D eigenvalue weighted by atomic mass is 10.1. The van der Waals surface area contributed by atoms with Gasteiger partial charge in [0.15, 0.2) is 5.13 Å². The van der Waals surface area contributed by atoms with Gasteiger partial charge in [0.1, 0.15) is 5.60 Å². The summed E-state index contributed by atoms with van der Waals surface area (Å²) in [5, 5.41) is 16.2. The second kappa shape index (κ2) is 6.60. The van der Waals surface area contributed by atoms with Crippen molar-refractivity contribution >= 4 is 55.8 Å². The molecule has 1 aliphatic rings. The topological polar surface area (TPSA) is 91.3 Å². The van der Waals surface area contributed by atoms with Gasteiger partial charge in [-0.1, -0.05) is 35.1 Å². The molecule has 2 amide bonds. The van der Waals surface area contributed by atoms with Gasteiger partial charge in [-0.15, -0.1) is 0 Å². The number of aliphatic hydroxyl groups is 1. The maximum atomic E-state index is 12.6. The van der Waals surface area contributed by atoms with E-state index in [-0.39, 0.29) is 5.91 Å². The number of aryl methyl sites for hydroxylation is 1. The summed E-state index contributed by atoms with van der Waals surface area (Å²) < 4.78 is 0.761. The average molecular weight is 402 g/mol. The van der Waals surface area contributed by atoms with E-state index in [2.05, 4.69) is 15.6 Å². The number of nitrogens with zero attached hydrogens (tertiary/aromatic N) is 1. The van der Waals surface area contributed by atoms with E-state index in [1.165, 1.54) is 11.3 Å². The van der Waals surface area contributed by atoms with E-state index in [9.17, 15) is 14.7 Å². The fourth-order valence-corrected chi connectivity index (χ4v) is 3.82. The summed E-state index contributed by atoms with van der Waals surface area (Å²) in [5.41, 5.74) is 1.33. The van der Waals surface area contributed by atoms with E-state index in [0.29, 0.717) is 39.8 Å². The first-order chi connectivity index (χ1) is 12.9. The molecule has 27 heavy (non-hydrogen) atoms. The molecule has 0 spiro atoms. The lowest BCUT2D eigenvalue weighted by molar-refractivity contribution is -0.125. The Hall–Kier alpha value is -2.48. The van der Waals surface area contributed by atoms with E-state index in [1.54, 1.807) is 24.3 Å². The highest BCUT2D eigenvalue weighted by Crippen LogP contribution is 2.37. The first kappa shape index (κ1) is 17.9. The van der Waals surface area contributed by atoms with Gasteiger partial charge in [0.2, 0.25) is 0 Å². The van der Waals surface area contributed by atoms with Gasteiger partial charge >= 0.3 is 0 Å². The van der Waals surface area contributed by atoms with Crippen LogP contribution in [0.5, 0.6) is 0 Å². The van der Waals surface area contributed by atoms with Gasteiger partial charge in [-0.25, -0.2) is 4.98 Å². The van der Waals surface area contributed by atoms with Crippen molar-refractivity contribution in [1.82, 2.24) is 4.98 Å². The molecule has 138 valence electrons. The van der Waals surface area contributed by atoms with Crippen molar-refractivity contribution in [2.45, 2.75) is 25.4 Å². The Morgan fingerprint density at radius 1 is 1.22 bits per heavy atom. The first-order valence-corrected chi connectivity index (χ1v) is 9.56. The molecule has 3 N–H and O–H groups in total. The van der Waals surface area contributed by atoms with Crippen molar-refractivity contribution in [1.29, 1.82) is 0 Å². The van der Waals surface area contributed by atoms with Gasteiger partial charge < -0.3 is 10.4 Å². The lowest BCUT2D eigenvalue weighted by Gasteiger charge is -2.10. The number of carbonyl (C=O) groups excluding carboxylic acids is 2. The smallest absolute Gasteiger partial charge is 0.258 e. The number of thiazole rings is 1. The van der Waals surface area contributed by atoms with Crippen molar-refractivity contribution in [2.24, 2.45) is 0 Å². The largest absolute Gasteiger partial charge is 0.380 e. The molecule has 1 aliphatic carbocycles. The van der Waals surface area contributed by atoms with Gasteiger partial charge in [-0.3, -0.25) is 14.9 Å². The number of hydrogen-bond acceptors (Lipinski definition) is 5. The number of amides is 2. The number of nitrogens with one attached hydrogen (secondary N) is 2. The van der Waals surface area contributed by atoms with E-state index >= 15 is 0 Å². The third kappa shape index (κ3) is 3.53. The molecule has 0 aliphatic heterocycles. The van der Waals surface area contributed by atoms with Gasteiger partial charge in [-0.2, -0.15) is 0 Å². The van der Waals surface area contributed by atoms with Gasteiger partial charge in [0, 0.05) is 5.56 Å². The van der Waals surface area contributed by atoms with Crippen LogP contribution in [0.1, 0.15) is 28.8 Å². The minimum absolute atomic E-state index is 0.278. The van der Waals surface area contributed by atoms with E-state index in [4.69, 9.17) is 11.6 Å². The molecule has 0 atom stereocenters. The van der Waals surface area contributed by atoms with Crippen LogP contribution in [0.25, 0.3) is 10.2 Å². The Balaban J connectivity index is 1.56. The van der Waals surface area contributed by atoms with Crippen LogP contribution in [0.4, 0.5) is 10.8 Å². The normalized spacial score (nSPS) is 14.8. The second-order valence-corrected chi connectivity index (χ2v) is 8.01. The minimum Gasteiger partial charge on any atom is -0.380 e. The number of fused-ring (bicyclic) bond motifs is 1. The molecule has 1 heterocycles. The molecule has 1 fully saturated rings. The zero-order chi connectivity index (χ0) is 19.2. The quantitative estimate of drug-likeness (QED) is 0.616. The first-order valence-electron chi connectivity index (χ1n) is 8.37. The van der Waals surface area contributed by atoms with E-state index in [1.807, 2.05) is 19.1 Å². The molecular weight excluding hydrogens is 386 g/mol. The molecular formula is C19H16ClN3O3S. The number of anilines is 2.